The Labute approximate surface area is 135 Å². The molecule has 0 unspecified atom stereocenters. The second kappa shape index (κ2) is 8.74. The lowest BCUT2D eigenvalue weighted by Crippen LogP contribution is -2.38. The average molecular weight is 330 g/mol. The highest BCUT2D eigenvalue weighted by molar-refractivity contribution is 6.35. The second-order valence-corrected chi connectivity index (χ2v) is 5.72. The topological polar surface area (TPSA) is 77.5 Å². The molecule has 1 aliphatic rings. The smallest absolute Gasteiger partial charge is 0.221 e. The van der Waals surface area contributed by atoms with Gasteiger partial charge >= 0.3 is 0 Å². The van der Waals surface area contributed by atoms with Gasteiger partial charge in [0, 0.05) is 28.9 Å². The number of nitrogens with two attached hydrogens (primary N) is 1. The fourth-order valence-corrected chi connectivity index (χ4v) is 2.42. The number of nitrogens with zero attached hydrogens (tertiary/aromatic N) is 2. The first kappa shape index (κ1) is 17.6. The predicted molar refractivity (Wildman–Crippen MR) is 90.6 cm³/mol. The lowest BCUT2D eigenvalue weighted by molar-refractivity contribution is 0.337. The van der Waals surface area contributed by atoms with Crippen molar-refractivity contribution >= 4 is 35.1 Å². The van der Waals surface area contributed by atoms with Crippen LogP contribution in [-0.4, -0.2) is 29.9 Å². The van der Waals surface area contributed by atoms with Gasteiger partial charge in [0.15, 0.2) is 0 Å². The molecule has 0 aliphatic carbocycles. The Balaban J connectivity index is 2.60. The lowest BCUT2D eigenvalue weighted by Gasteiger charge is -2.26. The van der Waals surface area contributed by atoms with E-state index in [0.29, 0.717) is 15.8 Å². The summed E-state index contributed by atoms with van der Waals surface area (Å²) in [4.78, 5) is 5.97. The molecule has 1 rings (SSSR count). The lowest BCUT2D eigenvalue weighted by atomic mass is 10.1. The van der Waals surface area contributed by atoms with Crippen LogP contribution in [0, 0.1) is 5.41 Å². The van der Waals surface area contributed by atoms with Crippen molar-refractivity contribution < 1.29 is 0 Å². The molecule has 0 spiro atoms. The van der Waals surface area contributed by atoms with Crippen molar-refractivity contribution in [2.24, 2.45) is 10.7 Å². The van der Waals surface area contributed by atoms with Crippen molar-refractivity contribution in [3.05, 3.63) is 34.5 Å². The fourth-order valence-electron chi connectivity index (χ4n) is 1.95. The fraction of sp³-hybridized carbons (Fsp3) is 0.429. The number of rotatable bonds is 3. The Kier molecular flexibility index (Phi) is 7.32. The van der Waals surface area contributed by atoms with Crippen molar-refractivity contribution in [1.82, 2.24) is 10.2 Å². The minimum Gasteiger partial charge on any atom is -0.369 e. The Morgan fingerprint density at radius 3 is 2.48 bits per heavy atom. The Morgan fingerprint density at radius 2 is 1.90 bits per heavy atom. The van der Waals surface area contributed by atoms with Gasteiger partial charge in [-0.1, -0.05) is 29.8 Å². The van der Waals surface area contributed by atoms with Crippen molar-refractivity contribution in [2.75, 3.05) is 13.1 Å². The second-order valence-electron chi connectivity index (χ2n) is 4.80. The predicted octanol–water partition coefficient (Wildman–Crippen LogP) is 3.09. The zero-order valence-corrected chi connectivity index (χ0v) is 13.6. The van der Waals surface area contributed by atoms with Crippen LogP contribution in [0.1, 0.15) is 26.2 Å². The first-order valence-electron chi connectivity index (χ1n) is 6.73. The van der Waals surface area contributed by atoms with Crippen LogP contribution >= 0.6 is 23.2 Å². The summed E-state index contributed by atoms with van der Waals surface area (Å²) in [6.07, 6.45) is 6.57. The molecule has 116 valence electrons. The third-order valence-corrected chi connectivity index (χ3v) is 3.18. The molecular weight excluding hydrogens is 309 g/mol. The zero-order chi connectivity index (χ0) is 15.8. The van der Waals surface area contributed by atoms with E-state index in [1.54, 1.807) is 13.0 Å². The quantitative estimate of drug-likeness (QED) is 0.423. The summed E-state index contributed by atoms with van der Waals surface area (Å²) in [6.45, 7) is 7.04. The summed E-state index contributed by atoms with van der Waals surface area (Å²) in [5, 5.41) is 11.6. The first-order valence-corrected chi connectivity index (χ1v) is 7.48. The summed E-state index contributed by atoms with van der Waals surface area (Å²) in [7, 11) is 0. The number of nitrogens with one attached hydrogen (secondary N) is 2. The summed E-state index contributed by atoms with van der Waals surface area (Å²) in [6, 6.07) is 0. The Morgan fingerprint density at radius 1 is 1.29 bits per heavy atom. The van der Waals surface area contributed by atoms with E-state index in [1.165, 1.54) is 12.5 Å². The van der Waals surface area contributed by atoms with Gasteiger partial charge in [-0.05, 0) is 38.3 Å². The van der Waals surface area contributed by atoms with Crippen molar-refractivity contribution in [3.63, 3.8) is 0 Å². The van der Waals surface area contributed by atoms with Gasteiger partial charge < -0.3 is 16.0 Å². The third kappa shape index (κ3) is 7.20. The van der Waals surface area contributed by atoms with E-state index in [0.717, 1.165) is 25.9 Å². The number of aliphatic imine (C=N–C) groups is 1. The highest BCUT2D eigenvalue weighted by atomic mass is 35.5. The van der Waals surface area contributed by atoms with Gasteiger partial charge in [-0.25, -0.2) is 0 Å². The van der Waals surface area contributed by atoms with Gasteiger partial charge in [-0.15, -0.1) is 0 Å². The van der Waals surface area contributed by atoms with Crippen LogP contribution in [0.3, 0.4) is 0 Å². The molecule has 0 aromatic heterocycles. The van der Waals surface area contributed by atoms with Gasteiger partial charge in [0.05, 0.1) is 0 Å². The standard InChI is InChI=1S/C14H21Cl2N5/c1-10(15)8-12(16)9-11(2)19-13(17)20-14(18)21-6-4-3-5-7-21/h8-9H,1,3-7H2,2H3,(H4,17,18,19,20)/b11-9+,12-8+. The van der Waals surface area contributed by atoms with Gasteiger partial charge in [0.1, 0.15) is 0 Å². The van der Waals surface area contributed by atoms with Crippen molar-refractivity contribution in [1.29, 1.82) is 5.41 Å². The molecule has 0 atom stereocenters. The van der Waals surface area contributed by atoms with E-state index in [9.17, 15) is 0 Å². The molecule has 1 aliphatic heterocycles. The van der Waals surface area contributed by atoms with Gasteiger partial charge in [-0.2, -0.15) is 4.99 Å². The van der Waals surface area contributed by atoms with E-state index in [-0.39, 0.29) is 11.9 Å². The molecule has 1 heterocycles. The molecular formula is C14H21Cl2N5. The van der Waals surface area contributed by atoms with E-state index in [4.69, 9.17) is 34.3 Å². The maximum atomic E-state index is 7.92. The summed E-state index contributed by atoms with van der Waals surface area (Å²) in [5.74, 6) is 0.344. The van der Waals surface area contributed by atoms with Gasteiger partial charge in [-0.3, -0.25) is 5.41 Å². The summed E-state index contributed by atoms with van der Waals surface area (Å²) < 4.78 is 0. The molecule has 0 radical (unpaired) electrons. The SMILES string of the molecule is C=C(Cl)/C=C(Cl)\C=C(/C)NC(N)=NC(=N)N1CCCCC1. The number of guanidine groups is 2. The largest absolute Gasteiger partial charge is 0.369 e. The zero-order valence-electron chi connectivity index (χ0n) is 12.1. The number of piperidine rings is 1. The third-order valence-electron chi connectivity index (χ3n) is 2.86. The van der Waals surface area contributed by atoms with E-state index >= 15 is 0 Å². The first-order chi connectivity index (χ1) is 9.88. The van der Waals surface area contributed by atoms with Crippen LogP contribution in [0.2, 0.25) is 0 Å². The van der Waals surface area contributed by atoms with Crippen LogP contribution in [0.5, 0.6) is 0 Å². The summed E-state index contributed by atoms with van der Waals surface area (Å²) in [5.41, 5.74) is 6.48. The average Bonchev–Trinajstić information content (AvgIpc) is 2.37. The molecule has 0 saturated carbocycles. The highest BCUT2D eigenvalue weighted by Crippen LogP contribution is 2.11. The van der Waals surface area contributed by atoms with E-state index in [2.05, 4.69) is 16.9 Å². The van der Waals surface area contributed by atoms with Crippen LogP contribution in [0.4, 0.5) is 0 Å². The van der Waals surface area contributed by atoms with Crippen LogP contribution in [0.25, 0.3) is 0 Å². The molecule has 0 aromatic rings. The van der Waals surface area contributed by atoms with Gasteiger partial charge in [0.25, 0.3) is 0 Å². The van der Waals surface area contributed by atoms with Gasteiger partial charge in [0.2, 0.25) is 11.9 Å². The molecule has 1 fully saturated rings. The number of allylic oxidation sites excluding steroid dienone is 5. The minimum atomic E-state index is 0.161. The molecule has 1 saturated heterocycles. The molecule has 21 heavy (non-hydrogen) atoms. The Hall–Kier alpha value is -1.46. The molecule has 4 N–H and O–H groups in total. The maximum absolute atomic E-state index is 7.92. The monoisotopic (exact) mass is 329 g/mol. The normalized spacial score (nSPS) is 17.7. The van der Waals surface area contributed by atoms with E-state index in [1.807, 2.05) is 4.90 Å². The Bertz CT molecular complexity index is 488. The molecule has 0 bridgehead atoms. The molecule has 0 amide bonds. The molecule has 5 nitrogen and oxygen atoms in total. The van der Waals surface area contributed by atoms with Crippen LogP contribution < -0.4 is 11.1 Å². The number of likely N-dealkylation sites (tertiary alicyclic amines) is 1. The van der Waals surface area contributed by atoms with Crippen LogP contribution in [-0.2, 0) is 0 Å². The summed E-state index contributed by atoms with van der Waals surface area (Å²) >= 11 is 11.6. The van der Waals surface area contributed by atoms with Crippen LogP contribution in [0.15, 0.2) is 39.5 Å². The maximum Gasteiger partial charge on any atom is 0.221 e. The highest BCUT2D eigenvalue weighted by Gasteiger charge is 2.13. The number of hydrogen-bond donors (Lipinski definition) is 3. The number of halogens is 2. The number of hydrogen-bond acceptors (Lipinski definition) is 1. The van der Waals surface area contributed by atoms with Crippen molar-refractivity contribution in [2.45, 2.75) is 26.2 Å². The molecule has 0 aromatic carbocycles. The van der Waals surface area contributed by atoms with E-state index < -0.39 is 0 Å². The minimum absolute atomic E-state index is 0.161. The molecule has 7 heteroatoms. The van der Waals surface area contributed by atoms with Crippen molar-refractivity contribution in [3.8, 4) is 0 Å².